The molecule has 25 heavy (non-hydrogen) atoms. The first kappa shape index (κ1) is 17.6. The second kappa shape index (κ2) is 7.81. The predicted octanol–water partition coefficient (Wildman–Crippen LogP) is 2.84. The van der Waals surface area contributed by atoms with E-state index in [2.05, 4.69) is 31.2 Å². The van der Waals surface area contributed by atoms with Crippen LogP contribution in [0.25, 0.3) is 11.1 Å². The highest BCUT2D eigenvalue weighted by molar-refractivity contribution is 5.94. The summed E-state index contributed by atoms with van der Waals surface area (Å²) in [6.45, 7) is 3.08. The van der Waals surface area contributed by atoms with Gasteiger partial charge in [-0.05, 0) is 41.7 Å². The van der Waals surface area contributed by atoms with Crippen molar-refractivity contribution in [1.82, 2.24) is 4.90 Å². The van der Waals surface area contributed by atoms with E-state index in [-0.39, 0.29) is 11.9 Å². The largest absolute Gasteiger partial charge is 0.390 e. The fraction of sp³-hybridized carbons (Fsp3) is 0.381. The lowest BCUT2D eigenvalue weighted by Gasteiger charge is -2.34. The van der Waals surface area contributed by atoms with Gasteiger partial charge in [0.1, 0.15) is 0 Å². The normalized spacial score (nSPS) is 20.5. The molecular weight excluding hydrogens is 312 g/mol. The smallest absolute Gasteiger partial charge is 0.253 e. The van der Waals surface area contributed by atoms with Crippen LogP contribution in [0, 0.1) is 0 Å². The molecule has 4 nitrogen and oxygen atoms in total. The van der Waals surface area contributed by atoms with Crippen LogP contribution in [-0.4, -0.2) is 41.1 Å². The number of amides is 1. The topological polar surface area (TPSA) is 66.6 Å². The van der Waals surface area contributed by atoms with E-state index in [0.29, 0.717) is 25.1 Å². The van der Waals surface area contributed by atoms with Crippen LogP contribution >= 0.6 is 0 Å². The van der Waals surface area contributed by atoms with Crippen LogP contribution in [-0.2, 0) is 6.42 Å². The molecule has 1 aliphatic rings. The Bertz CT molecular complexity index is 710. The summed E-state index contributed by atoms with van der Waals surface area (Å²) in [5, 5.41) is 9.88. The van der Waals surface area contributed by atoms with Gasteiger partial charge in [-0.3, -0.25) is 4.79 Å². The van der Waals surface area contributed by atoms with Crippen molar-refractivity contribution in [2.24, 2.45) is 5.73 Å². The van der Waals surface area contributed by atoms with Gasteiger partial charge < -0.3 is 15.7 Å². The molecule has 2 aromatic carbocycles. The maximum absolute atomic E-state index is 12.6. The van der Waals surface area contributed by atoms with Crippen molar-refractivity contribution in [3.63, 3.8) is 0 Å². The molecule has 0 saturated carbocycles. The molecule has 1 heterocycles. The second-order valence-electron chi connectivity index (χ2n) is 6.80. The maximum atomic E-state index is 12.6. The molecule has 2 atom stereocenters. The number of rotatable bonds is 4. The third kappa shape index (κ3) is 4.09. The van der Waals surface area contributed by atoms with Gasteiger partial charge in [-0.2, -0.15) is 0 Å². The van der Waals surface area contributed by atoms with Crippen molar-refractivity contribution < 1.29 is 9.90 Å². The minimum Gasteiger partial charge on any atom is -0.390 e. The number of β-amino-alcohol motifs (C(OH)–C–C–N with tert-alkyl or cyclic N) is 1. The number of hydrogen-bond donors (Lipinski definition) is 2. The Morgan fingerprint density at radius 1 is 1.12 bits per heavy atom. The summed E-state index contributed by atoms with van der Waals surface area (Å²) in [6, 6.07) is 16.0. The van der Waals surface area contributed by atoms with Gasteiger partial charge in [0.25, 0.3) is 5.91 Å². The van der Waals surface area contributed by atoms with Gasteiger partial charge in [0, 0.05) is 24.7 Å². The van der Waals surface area contributed by atoms with E-state index in [1.165, 1.54) is 5.56 Å². The zero-order chi connectivity index (χ0) is 17.8. The molecule has 1 saturated heterocycles. The van der Waals surface area contributed by atoms with Gasteiger partial charge >= 0.3 is 0 Å². The van der Waals surface area contributed by atoms with Gasteiger partial charge in [-0.25, -0.2) is 0 Å². The highest BCUT2D eigenvalue weighted by atomic mass is 16.3. The van der Waals surface area contributed by atoms with Crippen LogP contribution in [0.5, 0.6) is 0 Å². The van der Waals surface area contributed by atoms with Crippen molar-refractivity contribution in [2.45, 2.75) is 38.3 Å². The van der Waals surface area contributed by atoms with Gasteiger partial charge in [0.15, 0.2) is 0 Å². The maximum Gasteiger partial charge on any atom is 0.253 e. The monoisotopic (exact) mass is 338 g/mol. The van der Waals surface area contributed by atoms with E-state index in [1.54, 1.807) is 4.90 Å². The van der Waals surface area contributed by atoms with Crippen LogP contribution in [0.4, 0.5) is 0 Å². The highest BCUT2D eigenvalue weighted by Gasteiger charge is 2.28. The van der Waals surface area contributed by atoms with Crippen LogP contribution < -0.4 is 5.73 Å². The molecule has 0 bridgehead atoms. The standard InChI is InChI=1S/C21H26N2O2/c1-2-3-15-4-6-16(7-5-15)17-8-10-18(11-9-17)21(25)23-13-12-19(22)20(24)14-23/h4-11,19-20,24H,2-3,12-14,22H2,1H3/t19-,20-/m1/s1. The van der Waals surface area contributed by atoms with E-state index in [9.17, 15) is 9.90 Å². The van der Waals surface area contributed by atoms with Crippen LogP contribution in [0.3, 0.4) is 0 Å². The lowest BCUT2D eigenvalue weighted by atomic mass is 9.99. The average molecular weight is 338 g/mol. The number of benzene rings is 2. The first-order valence-corrected chi connectivity index (χ1v) is 9.00. The Morgan fingerprint density at radius 2 is 1.72 bits per heavy atom. The number of piperidine rings is 1. The fourth-order valence-electron chi connectivity index (χ4n) is 3.27. The molecule has 1 aliphatic heterocycles. The Kier molecular flexibility index (Phi) is 5.51. The first-order chi connectivity index (χ1) is 12.1. The summed E-state index contributed by atoms with van der Waals surface area (Å²) in [5.41, 5.74) is 10.0. The van der Waals surface area contributed by atoms with Crippen molar-refractivity contribution in [3.05, 3.63) is 59.7 Å². The summed E-state index contributed by atoms with van der Waals surface area (Å²) >= 11 is 0. The first-order valence-electron chi connectivity index (χ1n) is 9.00. The minimum absolute atomic E-state index is 0.0456. The number of aliphatic hydroxyl groups is 1. The number of aryl methyl sites for hydroxylation is 1. The van der Waals surface area contributed by atoms with Crippen LogP contribution in [0.1, 0.15) is 35.7 Å². The number of aliphatic hydroxyl groups excluding tert-OH is 1. The average Bonchev–Trinajstić information content (AvgIpc) is 2.64. The van der Waals surface area contributed by atoms with E-state index in [0.717, 1.165) is 24.0 Å². The summed E-state index contributed by atoms with van der Waals surface area (Å²) in [7, 11) is 0. The molecule has 4 heteroatoms. The molecule has 0 aromatic heterocycles. The molecular formula is C21H26N2O2. The third-order valence-corrected chi connectivity index (χ3v) is 4.88. The summed E-state index contributed by atoms with van der Waals surface area (Å²) in [4.78, 5) is 14.3. The number of carbonyl (C=O) groups excluding carboxylic acids is 1. The Morgan fingerprint density at radius 3 is 2.28 bits per heavy atom. The number of nitrogens with two attached hydrogens (primary N) is 1. The van der Waals surface area contributed by atoms with Gasteiger partial charge in [-0.15, -0.1) is 0 Å². The van der Waals surface area contributed by atoms with Crippen LogP contribution in [0.15, 0.2) is 48.5 Å². The quantitative estimate of drug-likeness (QED) is 0.901. The number of nitrogens with zero attached hydrogens (tertiary/aromatic N) is 1. The van der Waals surface area contributed by atoms with Gasteiger partial charge in [-0.1, -0.05) is 49.7 Å². The molecule has 0 unspecified atom stereocenters. The Balaban J connectivity index is 1.70. The minimum atomic E-state index is -0.640. The lowest BCUT2D eigenvalue weighted by molar-refractivity contribution is 0.0395. The number of likely N-dealkylation sites (tertiary alicyclic amines) is 1. The molecule has 1 fully saturated rings. The number of carbonyl (C=O) groups is 1. The van der Waals surface area contributed by atoms with E-state index >= 15 is 0 Å². The van der Waals surface area contributed by atoms with E-state index in [1.807, 2.05) is 24.3 Å². The summed E-state index contributed by atoms with van der Waals surface area (Å²) < 4.78 is 0. The van der Waals surface area contributed by atoms with Crippen LogP contribution in [0.2, 0.25) is 0 Å². The summed E-state index contributed by atoms with van der Waals surface area (Å²) in [5.74, 6) is -0.0456. The second-order valence-corrected chi connectivity index (χ2v) is 6.80. The SMILES string of the molecule is CCCc1ccc(-c2ccc(C(=O)N3CC[C@@H](N)[C@H](O)C3)cc2)cc1. The molecule has 2 aromatic rings. The zero-order valence-corrected chi connectivity index (χ0v) is 14.7. The van der Waals surface area contributed by atoms with Gasteiger partial charge in [0.05, 0.1) is 6.10 Å². The van der Waals surface area contributed by atoms with Gasteiger partial charge in [0.2, 0.25) is 0 Å². The Hall–Kier alpha value is -2.17. The van der Waals surface area contributed by atoms with E-state index in [4.69, 9.17) is 5.73 Å². The van der Waals surface area contributed by atoms with Crippen molar-refractivity contribution in [2.75, 3.05) is 13.1 Å². The van der Waals surface area contributed by atoms with Crippen molar-refractivity contribution in [3.8, 4) is 11.1 Å². The molecule has 132 valence electrons. The van der Waals surface area contributed by atoms with Crippen molar-refractivity contribution >= 4 is 5.91 Å². The molecule has 0 radical (unpaired) electrons. The number of hydrogen-bond acceptors (Lipinski definition) is 3. The fourth-order valence-corrected chi connectivity index (χ4v) is 3.27. The van der Waals surface area contributed by atoms with E-state index < -0.39 is 6.10 Å². The third-order valence-electron chi connectivity index (χ3n) is 4.88. The summed E-state index contributed by atoms with van der Waals surface area (Å²) in [6.07, 6.45) is 2.24. The molecule has 1 amide bonds. The molecule has 0 spiro atoms. The highest BCUT2D eigenvalue weighted by Crippen LogP contribution is 2.22. The zero-order valence-electron chi connectivity index (χ0n) is 14.7. The molecule has 3 rings (SSSR count). The Labute approximate surface area is 149 Å². The lowest BCUT2D eigenvalue weighted by Crippen LogP contribution is -2.52. The molecule has 0 aliphatic carbocycles. The van der Waals surface area contributed by atoms with Crippen molar-refractivity contribution in [1.29, 1.82) is 0 Å². The molecule has 3 N–H and O–H groups in total. The predicted molar refractivity (Wildman–Crippen MR) is 100 cm³/mol.